The number of thiophene rings is 1. The molecule has 1 amide bonds. The highest BCUT2D eigenvalue weighted by Crippen LogP contribution is 2.31. The minimum Gasteiger partial charge on any atom is -0.327 e. The molecule has 3 rings (SSSR count). The monoisotopic (exact) mass is 377 g/mol. The van der Waals surface area contributed by atoms with Crippen LogP contribution in [-0.4, -0.2) is 17.7 Å². The summed E-state index contributed by atoms with van der Waals surface area (Å²) >= 11 is 1.80. The van der Waals surface area contributed by atoms with Gasteiger partial charge in [0.2, 0.25) is 5.91 Å². The molecule has 1 unspecified atom stereocenters. The van der Waals surface area contributed by atoms with Crippen LogP contribution in [0.15, 0.2) is 10.5 Å². The average molecular weight is 377 g/mol. The van der Waals surface area contributed by atoms with Crippen molar-refractivity contribution in [2.75, 3.05) is 0 Å². The number of hydrazone groups is 1. The van der Waals surface area contributed by atoms with E-state index in [0.717, 1.165) is 31.4 Å². The summed E-state index contributed by atoms with van der Waals surface area (Å²) in [4.78, 5) is 12.5. The lowest BCUT2D eigenvalue weighted by atomic mass is 9.90. The minimum absolute atomic E-state index is 0. The fourth-order valence-electron chi connectivity index (χ4n) is 2.45. The van der Waals surface area contributed by atoms with Crippen LogP contribution < -0.4 is 11.2 Å². The zero-order chi connectivity index (χ0) is 11.8. The first kappa shape index (κ1) is 14.0. The number of halogens is 1. The lowest BCUT2D eigenvalue weighted by Gasteiger charge is -2.20. The number of rotatable bonds is 1. The van der Waals surface area contributed by atoms with Gasteiger partial charge in [0, 0.05) is 34.7 Å². The number of nitrogens with one attached hydrogen (secondary N) is 1. The highest BCUT2D eigenvalue weighted by Gasteiger charge is 2.24. The number of nitrogens with two attached hydrogens (primary N) is 1. The molecule has 0 fully saturated rings. The van der Waals surface area contributed by atoms with Gasteiger partial charge >= 0.3 is 0 Å². The fourth-order valence-corrected chi connectivity index (χ4v) is 3.56. The topological polar surface area (TPSA) is 67.5 Å². The summed E-state index contributed by atoms with van der Waals surface area (Å²) in [5.74, 6) is 0.00884. The molecule has 0 radical (unpaired) electrons. The molecule has 6 heteroatoms. The normalized spacial score (nSPS) is 22.6. The van der Waals surface area contributed by atoms with Gasteiger partial charge in [-0.25, -0.2) is 5.43 Å². The van der Waals surface area contributed by atoms with Crippen LogP contribution in [0.25, 0.3) is 0 Å². The van der Waals surface area contributed by atoms with E-state index in [4.69, 9.17) is 5.73 Å². The van der Waals surface area contributed by atoms with Crippen LogP contribution >= 0.6 is 35.3 Å². The van der Waals surface area contributed by atoms with Crippen molar-refractivity contribution in [1.29, 1.82) is 0 Å². The van der Waals surface area contributed by atoms with E-state index in [0.29, 0.717) is 6.42 Å². The van der Waals surface area contributed by atoms with E-state index >= 15 is 0 Å². The fraction of sp³-hybridized carbons (Fsp3) is 0.500. The number of carbonyl (C=O) groups is 1. The van der Waals surface area contributed by atoms with E-state index in [2.05, 4.69) is 15.9 Å². The molecular formula is C12H16IN3OS. The maximum Gasteiger partial charge on any atom is 0.240 e. The molecule has 0 saturated carbocycles. The number of carbonyl (C=O) groups excluding carboxylic acids is 1. The zero-order valence-corrected chi connectivity index (χ0v) is 13.1. The van der Waals surface area contributed by atoms with Gasteiger partial charge < -0.3 is 5.73 Å². The number of hydrogen-bond acceptors (Lipinski definition) is 4. The summed E-state index contributed by atoms with van der Waals surface area (Å²) in [6.45, 7) is 0. The van der Waals surface area contributed by atoms with Crippen molar-refractivity contribution in [3.05, 3.63) is 21.4 Å². The predicted octanol–water partition coefficient (Wildman–Crippen LogP) is 1.80. The SMILES string of the molecule is I.NC1CCc2scc(C3=NNC(=O)CC3)c2C1. The third-order valence-corrected chi connectivity index (χ3v) is 4.49. The van der Waals surface area contributed by atoms with Gasteiger partial charge in [0.1, 0.15) is 0 Å². The molecule has 1 atom stereocenters. The molecule has 0 bridgehead atoms. The standard InChI is InChI=1S/C12H15N3OS.HI/c13-7-1-3-11-8(5-7)9(6-17-11)10-2-4-12(16)15-14-10;/h6-7H,1-5,13H2,(H,15,16);1H. The van der Waals surface area contributed by atoms with Gasteiger partial charge in [0.05, 0.1) is 5.71 Å². The zero-order valence-electron chi connectivity index (χ0n) is 9.94. The first-order valence-corrected chi connectivity index (χ1v) is 6.82. The van der Waals surface area contributed by atoms with Crippen molar-refractivity contribution < 1.29 is 4.79 Å². The van der Waals surface area contributed by atoms with Crippen molar-refractivity contribution in [3.8, 4) is 0 Å². The van der Waals surface area contributed by atoms with Crippen LogP contribution in [0.4, 0.5) is 0 Å². The maximum absolute atomic E-state index is 11.1. The van der Waals surface area contributed by atoms with Gasteiger partial charge in [-0.05, 0) is 24.8 Å². The van der Waals surface area contributed by atoms with Gasteiger partial charge in [0.25, 0.3) is 0 Å². The molecule has 98 valence electrons. The van der Waals surface area contributed by atoms with E-state index in [-0.39, 0.29) is 35.9 Å². The Morgan fingerprint density at radius 1 is 1.39 bits per heavy atom. The van der Waals surface area contributed by atoms with Crippen LogP contribution in [0.5, 0.6) is 0 Å². The molecule has 4 nitrogen and oxygen atoms in total. The molecule has 0 aromatic carbocycles. The van der Waals surface area contributed by atoms with Gasteiger partial charge in [-0.2, -0.15) is 5.10 Å². The number of fused-ring (bicyclic) bond motifs is 1. The first-order chi connectivity index (χ1) is 8.24. The molecule has 3 N–H and O–H groups in total. The van der Waals surface area contributed by atoms with Crippen LogP contribution in [0.2, 0.25) is 0 Å². The lowest BCUT2D eigenvalue weighted by Crippen LogP contribution is -2.29. The first-order valence-electron chi connectivity index (χ1n) is 5.94. The molecule has 1 aliphatic heterocycles. The van der Waals surface area contributed by atoms with Crippen molar-refractivity contribution in [3.63, 3.8) is 0 Å². The molecule has 0 spiro atoms. The van der Waals surface area contributed by atoms with Crippen LogP contribution in [0.3, 0.4) is 0 Å². The largest absolute Gasteiger partial charge is 0.327 e. The third-order valence-electron chi connectivity index (χ3n) is 3.40. The Balaban J connectivity index is 0.00000120. The van der Waals surface area contributed by atoms with Crippen molar-refractivity contribution in [2.24, 2.45) is 10.8 Å². The Morgan fingerprint density at radius 3 is 2.94 bits per heavy atom. The highest BCUT2D eigenvalue weighted by atomic mass is 127. The lowest BCUT2D eigenvalue weighted by molar-refractivity contribution is -0.121. The molecular weight excluding hydrogens is 361 g/mol. The molecule has 0 saturated heterocycles. The number of hydrogen-bond donors (Lipinski definition) is 2. The van der Waals surface area contributed by atoms with Crippen LogP contribution in [0, 0.1) is 0 Å². The number of aryl methyl sites for hydroxylation is 1. The Bertz CT molecular complexity index is 498. The molecule has 2 aliphatic rings. The van der Waals surface area contributed by atoms with E-state index in [1.807, 2.05) is 0 Å². The van der Waals surface area contributed by atoms with Crippen LogP contribution in [-0.2, 0) is 17.6 Å². The van der Waals surface area contributed by atoms with Gasteiger partial charge in [-0.1, -0.05) is 0 Å². The van der Waals surface area contributed by atoms with Crippen LogP contribution in [0.1, 0.15) is 35.3 Å². The highest BCUT2D eigenvalue weighted by molar-refractivity contribution is 14.0. The van der Waals surface area contributed by atoms with E-state index < -0.39 is 0 Å². The molecule has 1 aromatic heterocycles. The average Bonchev–Trinajstić information content (AvgIpc) is 2.73. The van der Waals surface area contributed by atoms with E-state index in [1.54, 1.807) is 11.3 Å². The summed E-state index contributed by atoms with van der Waals surface area (Å²) in [5.41, 5.74) is 12.2. The minimum atomic E-state index is 0. The Labute approximate surface area is 127 Å². The second kappa shape index (κ2) is 5.66. The van der Waals surface area contributed by atoms with Gasteiger partial charge in [-0.15, -0.1) is 35.3 Å². The second-order valence-corrected chi connectivity index (χ2v) is 5.61. The quantitative estimate of drug-likeness (QED) is 0.733. The Kier molecular flexibility index (Phi) is 4.39. The van der Waals surface area contributed by atoms with E-state index in [9.17, 15) is 4.79 Å². The molecule has 2 heterocycles. The number of amides is 1. The van der Waals surface area contributed by atoms with E-state index in [1.165, 1.54) is 16.0 Å². The van der Waals surface area contributed by atoms with Crippen molar-refractivity contribution >= 4 is 46.9 Å². The summed E-state index contributed by atoms with van der Waals surface area (Å²) in [7, 11) is 0. The van der Waals surface area contributed by atoms with Crippen molar-refractivity contribution in [2.45, 2.75) is 38.1 Å². The Hall–Kier alpha value is -0.470. The Morgan fingerprint density at radius 2 is 2.22 bits per heavy atom. The molecule has 1 aliphatic carbocycles. The molecule has 18 heavy (non-hydrogen) atoms. The smallest absolute Gasteiger partial charge is 0.240 e. The van der Waals surface area contributed by atoms with Gasteiger partial charge in [0.15, 0.2) is 0 Å². The summed E-state index contributed by atoms with van der Waals surface area (Å²) < 4.78 is 0. The third kappa shape index (κ3) is 2.60. The summed E-state index contributed by atoms with van der Waals surface area (Å²) in [5, 5.41) is 6.33. The van der Waals surface area contributed by atoms with Gasteiger partial charge in [-0.3, -0.25) is 4.79 Å². The molecule has 1 aromatic rings. The number of nitrogens with zero attached hydrogens (tertiary/aromatic N) is 1. The van der Waals surface area contributed by atoms with Crippen molar-refractivity contribution in [1.82, 2.24) is 5.43 Å². The predicted molar refractivity (Wildman–Crippen MR) is 83.6 cm³/mol. The summed E-state index contributed by atoms with van der Waals surface area (Å²) in [6.07, 6.45) is 4.39. The maximum atomic E-state index is 11.1. The summed E-state index contributed by atoms with van der Waals surface area (Å²) in [6, 6.07) is 0.273. The second-order valence-electron chi connectivity index (χ2n) is 4.65.